The summed E-state index contributed by atoms with van der Waals surface area (Å²) in [6, 6.07) is 7.20. The standard InChI is InChI=1S/C27H27F4N7O/c1-2-37-9-11-38(12-10-37)17-20-5-6-21(15-22(20)27(29,30)31)35-26(39)36-24-14-18(7-8-33-24)3-4-19-13-23(28)25(32)34-16-19/h5-8,13-16H,2,9-12,17H2,1H3,(H2,32,34)(H2,33,35,36,39). The number of hydrogen-bond donors (Lipinski definition) is 3. The molecule has 1 fully saturated rings. The molecule has 0 radical (unpaired) electrons. The van der Waals surface area contributed by atoms with Crippen LogP contribution in [0.5, 0.6) is 0 Å². The number of nitrogens with two attached hydrogens (primary N) is 1. The molecule has 3 aromatic rings. The first-order valence-corrected chi connectivity index (χ1v) is 12.2. The van der Waals surface area contributed by atoms with Gasteiger partial charge in [-0.05, 0) is 42.4 Å². The predicted octanol–water partition coefficient (Wildman–Crippen LogP) is 4.40. The van der Waals surface area contributed by atoms with Crippen molar-refractivity contribution in [2.45, 2.75) is 19.6 Å². The number of aromatic nitrogens is 2. The van der Waals surface area contributed by atoms with E-state index in [9.17, 15) is 22.4 Å². The number of piperazine rings is 1. The third-order valence-corrected chi connectivity index (χ3v) is 6.20. The largest absolute Gasteiger partial charge is 0.416 e. The summed E-state index contributed by atoms with van der Waals surface area (Å²) in [5.41, 5.74) is 5.48. The number of hydrogen-bond acceptors (Lipinski definition) is 6. The molecule has 12 heteroatoms. The Morgan fingerprint density at radius 2 is 1.72 bits per heavy atom. The normalized spacial score (nSPS) is 14.4. The van der Waals surface area contributed by atoms with Crippen LogP contribution >= 0.6 is 0 Å². The third kappa shape index (κ3) is 7.66. The van der Waals surface area contributed by atoms with Crippen LogP contribution in [0.4, 0.5) is 39.7 Å². The molecule has 3 heterocycles. The lowest BCUT2D eigenvalue weighted by Gasteiger charge is -2.34. The number of likely N-dealkylation sites (N-methyl/N-ethyl adjacent to an activating group) is 1. The van der Waals surface area contributed by atoms with E-state index >= 15 is 0 Å². The second-order valence-corrected chi connectivity index (χ2v) is 8.93. The number of nitrogens with zero attached hydrogens (tertiary/aromatic N) is 4. The van der Waals surface area contributed by atoms with Crippen LogP contribution in [0.15, 0.2) is 48.8 Å². The average molecular weight is 542 g/mol. The van der Waals surface area contributed by atoms with E-state index in [0.717, 1.165) is 31.8 Å². The number of anilines is 3. The number of carbonyl (C=O) groups excluding carboxylic acids is 1. The zero-order chi connectivity index (χ0) is 28.0. The number of pyridine rings is 2. The molecule has 1 aliphatic heterocycles. The van der Waals surface area contributed by atoms with Crippen molar-refractivity contribution >= 4 is 23.4 Å². The fourth-order valence-electron chi connectivity index (χ4n) is 4.08. The number of halogens is 4. The molecule has 0 bridgehead atoms. The number of urea groups is 1. The average Bonchev–Trinajstić information content (AvgIpc) is 2.90. The zero-order valence-corrected chi connectivity index (χ0v) is 21.1. The van der Waals surface area contributed by atoms with Gasteiger partial charge in [-0.3, -0.25) is 10.2 Å². The smallest absolute Gasteiger partial charge is 0.381 e. The molecule has 0 unspecified atom stereocenters. The molecule has 4 rings (SSSR count). The van der Waals surface area contributed by atoms with Crippen molar-refractivity contribution in [1.29, 1.82) is 0 Å². The van der Waals surface area contributed by atoms with Crippen molar-refractivity contribution in [3.63, 3.8) is 0 Å². The molecule has 0 saturated carbocycles. The van der Waals surface area contributed by atoms with Crippen LogP contribution in [0.1, 0.15) is 29.2 Å². The Hall–Kier alpha value is -4.21. The van der Waals surface area contributed by atoms with Crippen LogP contribution in [0, 0.1) is 17.7 Å². The van der Waals surface area contributed by atoms with Crippen molar-refractivity contribution in [3.05, 3.63) is 76.9 Å². The quantitative estimate of drug-likeness (QED) is 0.327. The van der Waals surface area contributed by atoms with E-state index in [-0.39, 0.29) is 29.4 Å². The lowest BCUT2D eigenvalue weighted by atomic mass is 10.0. The molecular weight excluding hydrogens is 514 g/mol. The van der Waals surface area contributed by atoms with Gasteiger partial charge >= 0.3 is 12.2 Å². The van der Waals surface area contributed by atoms with Gasteiger partial charge in [-0.15, -0.1) is 0 Å². The molecule has 2 aromatic heterocycles. The molecular formula is C27H27F4N7O. The Balaban J connectivity index is 1.42. The fraction of sp³-hybridized carbons (Fsp3) is 0.296. The first-order chi connectivity index (χ1) is 18.6. The van der Waals surface area contributed by atoms with Gasteiger partial charge in [-0.2, -0.15) is 13.2 Å². The molecule has 1 aliphatic rings. The van der Waals surface area contributed by atoms with Crippen molar-refractivity contribution in [1.82, 2.24) is 19.8 Å². The number of amides is 2. The zero-order valence-electron chi connectivity index (χ0n) is 21.1. The summed E-state index contributed by atoms with van der Waals surface area (Å²) in [6.45, 7) is 6.17. The van der Waals surface area contributed by atoms with Crippen molar-refractivity contribution in [3.8, 4) is 11.8 Å². The van der Waals surface area contributed by atoms with Crippen LogP contribution in [-0.4, -0.2) is 58.5 Å². The number of nitrogens with one attached hydrogen (secondary N) is 2. The van der Waals surface area contributed by atoms with Crippen LogP contribution in [0.25, 0.3) is 0 Å². The van der Waals surface area contributed by atoms with E-state index < -0.39 is 23.6 Å². The van der Waals surface area contributed by atoms with Gasteiger partial charge in [0.25, 0.3) is 0 Å². The lowest BCUT2D eigenvalue weighted by Crippen LogP contribution is -2.45. The molecule has 1 saturated heterocycles. The minimum Gasteiger partial charge on any atom is -0.381 e. The minimum atomic E-state index is -4.58. The Kier molecular flexibility index (Phi) is 8.63. The number of nitrogen functional groups attached to an aromatic ring is 1. The number of rotatable bonds is 5. The van der Waals surface area contributed by atoms with Crippen LogP contribution in [-0.2, 0) is 12.7 Å². The highest BCUT2D eigenvalue weighted by molar-refractivity contribution is 5.99. The molecule has 39 heavy (non-hydrogen) atoms. The highest BCUT2D eigenvalue weighted by atomic mass is 19.4. The van der Waals surface area contributed by atoms with E-state index in [0.29, 0.717) is 24.2 Å². The molecule has 204 valence electrons. The van der Waals surface area contributed by atoms with Gasteiger partial charge in [-0.1, -0.05) is 24.8 Å². The van der Waals surface area contributed by atoms with Crippen LogP contribution in [0.3, 0.4) is 0 Å². The molecule has 0 spiro atoms. The molecule has 0 aliphatic carbocycles. The van der Waals surface area contributed by atoms with Crippen molar-refractivity contribution in [2.24, 2.45) is 0 Å². The molecule has 8 nitrogen and oxygen atoms in total. The van der Waals surface area contributed by atoms with Gasteiger partial charge in [0.15, 0.2) is 11.6 Å². The van der Waals surface area contributed by atoms with Crippen molar-refractivity contribution < 1.29 is 22.4 Å². The maximum absolute atomic E-state index is 13.9. The summed E-state index contributed by atoms with van der Waals surface area (Å²) in [5, 5.41) is 4.91. The molecule has 0 atom stereocenters. The van der Waals surface area contributed by atoms with Crippen LogP contribution < -0.4 is 16.4 Å². The second kappa shape index (κ2) is 12.1. The Morgan fingerprint density at radius 3 is 2.41 bits per heavy atom. The summed E-state index contributed by atoms with van der Waals surface area (Å²) in [7, 11) is 0. The Bertz CT molecular complexity index is 1390. The molecule has 2 amide bonds. The lowest BCUT2D eigenvalue weighted by molar-refractivity contribution is -0.138. The highest BCUT2D eigenvalue weighted by Crippen LogP contribution is 2.34. The minimum absolute atomic E-state index is 0.00630. The maximum Gasteiger partial charge on any atom is 0.416 e. The predicted molar refractivity (Wildman–Crippen MR) is 140 cm³/mol. The summed E-state index contributed by atoms with van der Waals surface area (Å²) in [4.78, 5) is 24.5. The van der Waals surface area contributed by atoms with E-state index in [2.05, 4.69) is 44.3 Å². The second-order valence-electron chi connectivity index (χ2n) is 8.93. The van der Waals surface area contributed by atoms with Gasteiger partial charge < -0.3 is 16.0 Å². The van der Waals surface area contributed by atoms with E-state index in [1.807, 2.05) is 4.90 Å². The van der Waals surface area contributed by atoms with Crippen molar-refractivity contribution in [2.75, 3.05) is 49.1 Å². The van der Waals surface area contributed by atoms with E-state index in [1.165, 1.54) is 30.6 Å². The van der Waals surface area contributed by atoms with Gasteiger partial charge in [0.2, 0.25) is 0 Å². The first kappa shape index (κ1) is 27.8. The topological polar surface area (TPSA) is 99.4 Å². The van der Waals surface area contributed by atoms with E-state index in [1.54, 1.807) is 6.07 Å². The fourth-order valence-corrected chi connectivity index (χ4v) is 4.08. The van der Waals surface area contributed by atoms with Gasteiger partial charge in [0.1, 0.15) is 5.82 Å². The van der Waals surface area contributed by atoms with Gasteiger partial charge in [0, 0.05) is 61.9 Å². The number of alkyl halides is 3. The van der Waals surface area contributed by atoms with Gasteiger partial charge in [-0.25, -0.2) is 19.2 Å². The Labute approximate surface area is 223 Å². The summed E-state index contributed by atoms with van der Waals surface area (Å²) >= 11 is 0. The summed E-state index contributed by atoms with van der Waals surface area (Å²) in [5.74, 6) is 4.74. The molecule has 4 N–H and O–H groups in total. The number of benzene rings is 1. The van der Waals surface area contributed by atoms with E-state index in [4.69, 9.17) is 5.73 Å². The summed E-state index contributed by atoms with van der Waals surface area (Å²) in [6.07, 6.45) is -1.85. The summed E-state index contributed by atoms with van der Waals surface area (Å²) < 4.78 is 55.1. The molecule has 1 aromatic carbocycles. The van der Waals surface area contributed by atoms with Crippen LogP contribution in [0.2, 0.25) is 0 Å². The third-order valence-electron chi connectivity index (χ3n) is 6.20. The highest BCUT2D eigenvalue weighted by Gasteiger charge is 2.34. The monoisotopic (exact) mass is 541 g/mol. The first-order valence-electron chi connectivity index (χ1n) is 12.2. The SMILES string of the molecule is CCN1CCN(Cc2ccc(NC(=O)Nc3cc(C#Cc4cnc(N)c(F)c4)ccn3)cc2C(F)(F)F)CC1. The number of carbonyl (C=O) groups is 1. The maximum atomic E-state index is 13.9. The van der Waals surface area contributed by atoms with Gasteiger partial charge in [0.05, 0.1) is 5.56 Å². The Morgan fingerprint density at radius 1 is 1.00 bits per heavy atom.